The first-order chi connectivity index (χ1) is 1.00. The van der Waals surface area contributed by atoms with Gasteiger partial charge >= 0.3 is 17.6 Å². The van der Waals surface area contributed by atoms with E-state index >= 15 is 0 Å². The van der Waals surface area contributed by atoms with Crippen LogP contribution in [0.1, 0.15) is 0 Å². The van der Waals surface area contributed by atoms with Crippen molar-refractivity contribution in [1.82, 2.24) is 0 Å². The molecule has 0 aliphatic heterocycles. The molecular formula is CH9GeOSi. The molecule has 0 saturated carbocycles. The van der Waals surface area contributed by atoms with Gasteiger partial charge in [-0.25, -0.2) is 0 Å². The van der Waals surface area contributed by atoms with E-state index in [2.05, 4.69) is 0 Å². The second-order valence-electron chi connectivity index (χ2n) is 0. The SMILES string of the molecule is C[SiH2].O.[GeH2]. The molecule has 0 aliphatic rings. The van der Waals surface area contributed by atoms with Crippen molar-refractivity contribution in [3.8, 4) is 0 Å². The summed E-state index contributed by atoms with van der Waals surface area (Å²) in [5, 5.41) is 0. The van der Waals surface area contributed by atoms with E-state index in [1.165, 1.54) is 0 Å². The van der Waals surface area contributed by atoms with Crippen molar-refractivity contribution >= 4 is 27.8 Å². The van der Waals surface area contributed by atoms with Crippen molar-refractivity contribution in [3.05, 3.63) is 0 Å². The first-order valence-electron chi connectivity index (χ1n) is 0.707. The fraction of sp³-hybridized carbons (Fsp3) is 1.00. The molecule has 0 spiro atoms. The maximum absolute atomic E-state index is 2.03. The number of rotatable bonds is 0. The standard InChI is InChI=1S/CH5Si.GeH2.H2O/c1-2;;/h2H2,1H3;2*1H2. The fourth-order valence-corrected chi connectivity index (χ4v) is 0. The van der Waals surface area contributed by atoms with Crippen LogP contribution in [0.15, 0.2) is 0 Å². The molecule has 0 bridgehead atoms. The third-order valence-electron chi connectivity index (χ3n) is 0. The summed E-state index contributed by atoms with van der Waals surface area (Å²) in [6.45, 7) is 2.03. The summed E-state index contributed by atoms with van der Waals surface area (Å²) in [4.78, 5) is 0. The predicted octanol–water partition coefficient (Wildman–Crippen LogP) is -2.07. The van der Waals surface area contributed by atoms with E-state index in [9.17, 15) is 0 Å². The second kappa shape index (κ2) is 53.1. The fourth-order valence-electron chi connectivity index (χ4n) is 0. The zero-order valence-corrected chi connectivity index (χ0v) is 7.30. The molecule has 0 rings (SSSR count). The molecule has 0 aromatic carbocycles. The van der Waals surface area contributed by atoms with Crippen LogP contribution in [-0.2, 0) is 0 Å². The van der Waals surface area contributed by atoms with Crippen molar-refractivity contribution < 1.29 is 5.48 Å². The van der Waals surface area contributed by atoms with Gasteiger partial charge in [0, 0.05) is 10.2 Å². The zero-order chi connectivity index (χ0) is 2.00. The van der Waals surface area contributed by atoms with E-state index in [1.807, 2.05) is 16.8 Å². The molecule has 0 aromatic heterocycles. The van der Waals surface area contributed by atoms with Crippen LogP contribution < -0.4 is 0 Å². The monoisotopic (exact) mass is 139 g/mol. The van der Waals surface area contributed by atoms with Crippen LogP contribution in [-0.4, -0.2) is 33.3 Å². The van der Waals surface area contributed by atoms with Crippen LogP contribution in [0.5, 0.6) is 0 Å². The van der Waals surface area contributed by atoms with Crippen LogP contribution in [0.3, 0.4) is 0 Å². The van der Waals surface area contributed by atoms with Gasteiger partial charge in [-0.05, 0) is 0 Å². The van der Waals surface area contributed by atoms with Gasteiger partial charge in [-0.3, -0.25) is 0 Å². The Morgan fingerprint density at radius 3 is 1.25 bits per heavy atom. The molecule has 0 saturated heterocycles. The Labute approximate surface area is 40.5 Å². The molecule has 1 nitrogen and oxygen atoms in total. The van der Waals surface area contributed by atoms with Crippen molar-refractivity contribution in [2.75, 3.05) is 0 Å². The molecule has 2 N–H and O–H groups in total. The predicted molar refractivity (Wildman–Crippen MR) is 26.6 cm³/mol. The molecular weight excluding hydrogens is 129 g/mol. The Morgan fingerprint density at radius 2 is 1.25 bits per heavy atom. The van der Waals surface area contributed by atoms with Gasteiger partial charge in [0.05, 0.1) is 0 Å². The van der Waals surface area contributed by atoms with Gasteiger partial charge in [0.2, 0.25) is 0 Å². The molecule has 3 heteroatoms. The van der Waals surface area contributed by atoms with Crippen LogP contribution in [0, 0.1) is 0 Å². The third kappa shape index (κ3) is 15.5. The van der Waals surface area contributed by atoms with E-state index in [-0.39, 0.29) is 23.1 Å². The first kappa shape index (κ1) is 22.1. The van der Waals surface area contributed by atoms with E-state index in [0.717, 1.165) is 0 Å². The van der Waals surface area contributed by atoms with Crippen LogP contribution >= 0.6 is 0 Å². The van der Waals surface area contributed by atoms with Gasteiger partial charge in [0.1, 0.15) is 0 Å². The quantitative estimate of drug-likeness (QED) is 0.344. The summed E-state index contributed by atoms with van der Waals surface area (Å²) in [5.74, 6) is 0. The molecule has 0 aromatic rings. The van der Waals surface area contributed by atoms with E-state index < -0.39 is 0 Å². The summed E-state index contributed by atoms with van der Waals surface area (Å²) < 4.78 is 0. The topological polar surface area (TPSA) is 31.5 Å². The summed E-state index contributed by atoms with van der Waals surface area (Å²) in [5.41, 5.74) is 0. The van der Waals surface area contributed by atoms with Crippen LogP contribution in [0.4, 0.5) is 0 Å². The molecule has 27 valence electrons. The zero-order valence-electron chi connectivity index (χ0n) is 2.91. The van der Waals surface area contributed by atoms with Gasteiger partial charge in [-0.15, -0.1) is 0 Å². The number of hydrogen-bond donors (Lipinski definition) is 0. The van der Waals surface area contributed by atoms with Crippen LogP contribution in [0.25, 0.3) is 0 Å². The average Bonchev–Trinajstić information content (AvgIpc) is 1.00. The van der Waals surface area contributed by atoms with E-state index in [0.29, 0.717) is 0 Å². The molecule has 0 unspecified atom stereocenters. The average molecular weight is 138 g/mol. The Bertz CT molecular complexity index is 8.00. The summed E-state index contributed by atoms with van der Waals surface area (Å²) in [7, 11) is 1.86. The van der Waals surface area contributed by atoms with Crippen molar-refractivity contribution in [2.45, 2.75) is 6.55 Å². The molecule has 0 amide bonds. The van der Waals surface area contributed by atoms with Gasteiger partial charge in [-0.1, -0.05) is 6.55 Å². The summed E-state index contributed by atoms with van der Waals surface area (Å²) >= 11 is 0. The summed E-state index contributed by atoms with van der Waals surface area (Å²) in [6.07, 6.45) is 0. The van der Waals surface area contributed by atoms with Crippen molar-refractivity contribution in [3.63, 3.8) is 0 Å². The molecule has 0 atom stereocenters. The normalized spacial score (nSPS) is 1.50. The Balaban J connectivity index is -0.00000000500. The molecule has 3 radical (unpaired) electrons. The van der Waals surface area contributed by atoms with Crippen LogP contribution in [0.2, 0.25) is 6.55 Å². The Kier molecular flexibility index (Phi) is 293. The molecule has 4 heavy (non-hydrogen) atoms. The first-order valence-corrected chi connectivity index (χ1v) is 2.12. The van der Waals surface area contributed by atoms with E-state index in [1.54, 1.807) is 0 Å². The van der Waals surface area contributed by atoms with Crippen molar-refractivity contribution in [1.29, 1.82) is 0 Å². The molecule has 0 aliphatic carbocycles. The van der Waals surface area contributed by atoms with Gasteiger partial charge in [0.15, 0.2) is 0 Å². The maximum atomic E-state index is 2.03. The third-order valence-corrected chi connectivity index (χ3v) is 0. The minimum absolute atomic E-state index is 0. The molecule has 0 fully saturated rings. The van der Waals surface area contributed by atoms with Crippen molar-refractivity contribution in [2.24, 2.45) is 0 Å². The Hall–Kier alpha value is 0.720. The second-order valence-corrected chi connectivity index (χ2v) is 0. The number of hydrogen-bond acceptors (Lipinski definition) is 0. The molecule has 0 heterocycles. The van der Waals surface area contributed by atoms with Gasteiger partial charge in [-0.2, -0.15) is 0 Å². The van der Waals surface area contributed by atoms with Gasteiger partial charge in [0.25, 0.3) is 0 Å². The Morgan fingerprint density at radius 1 is 1.25 bits per heavy atom. The van der Waals surface area contributed by atoms with Gasteiger partial charge < -0.3 is 5.48 Å². The minimum atomic E-state index is 0. The summed E-state index contributed by atoms with van der Waals surface area (Å²) in [6, 6.07) is 0. The van der Waals surface area contributed by atoms with E-state index in [4.69, 9.17) is 0 Å².